The maximum Gasteiger partial charge on any atom is 0.0913 e. The van der Waals surface area contributed by atoms with Crippen LogP contribution in [0.4, 0.5) is 5.69 Å². The number of hydrogen-bond donors (Lipinski definition) is 0. The Labute approximate surface area is 145 Å². The maximum atomic E-state index is 4.74. The highest BCUT2D eigenvalue weighted by molar-refractivity contribution is 14.1. The number of allylic oxidation sites excluding steroid dienone is 1. The van der Waals surface area contributed by atoms with E-state index in [1.165, 1.54) is 27.8 Å². The zero-order chi connectivity index (χ0) is 15.3. The summed E-state index contributed by atoms with van der Waals surface area (Å²) in [4.78, 5) is 4.74. The lowest BCUT2D eigenvalue weighted by Gasteiger charge is -2.38. The number of halogens is 1. The summed E-state index contributed by atoms with van der Waals surface area (Å²) in [6.07, 6.45) is 9.75. The number of benzene rings is 1. The predicted molar refractivity (Wildman–Crippen MR) is 101 cm³/mol. The molecule has 0 spiro atoms. The molecule has 22 heavy (non-hydrogen) atoms. The van der Waals surface area contributed by atoms with Gasteiger partial charge in [0.25, 0.3) is 0 Å². The lowest BCUT2D eigenvalue weighted by molar-refractivity contribution is 0.273. The molecule has 1 atom stereocenters. The number of aryl methyl sites for hydroxylation is 1. The minimum atomic E-state index is 0.0857. The second-order valence-corrected chi connectivity index (χ2v) is 7.88. The molecule has 3 nitrogen and oxygen atoms in total. The van der Waals surface area contributed by atoms with Gasteiger partial charge in [0.1, 0.15) is 0 Å². The van der Waals surface area contributed by atoms with Crippen molar-refractivity contribution in [1.29, 1.82) is 0 Å². The van der Waals surface area contributed by atoms with Gasteiger partial charge >= 0.3 is 0 Å². The third kappa shape index (κ3) is 2.11. The van der Waals surface area contributed by atoms with Crippen LogP contribution >= 0.6 is 22.9 Å². The van der Waals surface area contributed by atoms with Crippen molar-refractivity contribution in [2.24, 2.45) is 4.99 Å². The molecule has 114 valence electrons. The second kappa shape index (κ2) is 5.11. The summed E-state index contributed by atoms with van der Waals surface area (Å²) in [6, 6.07) is 6.77. The van der Waals surface area contributed by atoms with Crippen LogP contribution in [0.25, 0.3) is 10.9 Å². The van der Waals surface area contributed by atoms with Crippen LogP contribution in [0.15, 0.2) is 35.5 Å². The highest BCUT2D eigenvalue weighted by Gasteiger charge is 2.34. The second-order valence-electron chi connectivity index (χ2n) is 6.65. The topological polar surface area (TPSA) is 20.5 Å². The Morgan fingerprint density at radius 2 is 2.18 bits per heavy atom. The Balaban J connectivity index is 2.02. The summed E-state index contributed by atoms with van der Waals surface area (Å²) in [5, 5.41) is 1.30. The average Bonchev–Trinajstić information content (AvgIpc) is 2.81. The fraction of sp³-hybridized carbons (Fsp3) is 0.389. The molecule has 0 N–H and O–H groups in total. The number of fused-ring (bicyclic) bond motifs is 3. The molecule has 4 rings (SSSR count). The van der Waals surface area contributed by atoms with Crippen LogP contribution in [0, 0.1) is 6.92 Å². The molecule has 1 aromatic carbocycles. The Kier molecular flexibility index (Phi) is 3.33. The molecule has 1 unspecified atom stereocenters. The third-order valence-corrected chi connectivity index (χ3v) is 5.44. The van der Waals surface area contributed by atoms with Crippen molar-refractivity contribution in [3.8, 4) is 0 Å². The standard InChI is InChI=1S/C18H20IN3/c1-13-6-7-14-16(11-13)22(15-5-3-9-20-17(14)15)18(2)8-4-10-21(19)12-18/h4,6-7,9-11H,3,5,8,12H2,1-2H3. The molecule has 0 fully saturated rings. The first-order chi connectivity index (χ1) is 10.6. The molecule has 0 aliphatic carbocycles. The molecular weight excluding hydrogens is 385 g/mol. The Bertz CT molecular complexity index is 802. The highest BCUT2D eigenvalue weighted by atomic mass is 127. The summed E-state index contributed by atoms with van der Waals surface area (Å²) >= 11 is 2.40. The van der Waals surface area contributed by atoms with Crippen LogP contribution in [0.1, 0.15) is 31.0 Å². The predicted octanol–water partition coefficient (Wildman–Crippen LogP) is 4.88. The van der Waals surface area contributed by atoms with E-state index in [4.69, 9.17) is 4.99 Å². The van der Waals surface area contributed by atoms with Gasteiger partial charge in [-0.1, -0.05) is 18.2 Å². The lowest BCUT2D eigenvalue weighted by Crippen LogP contribution is -2.41. The van der Waals surface area contributed by atoms with E-state index in [1.807, 2.05) is 0 Å². The zero-order valence-electron chi connectivity index (χ0n) is 13.0. The van der Waals surface area contributed by atoms with E-state index in [2.05, 4.69) is 81.1 Å². The molecule has 3 heterocycles. The van der Waals surface area contributed by atoms with Gasteiger partial charge in [-0.15, -0.1) is 0 Å². The van der Waals surface area contributed by atoms with Crippen LogP contribution in [0.3, 0.4) is 0 Å². The molecule has 2 aromatic rings. The van der Waals surface area contributed by atoms with Crippen molar-refractivity contribution in [3.05, 3.63) is 41.7 Å². The van der Waals surface area contributed by atoms with Crippen LogP contribution in [0.5, 0.6) is 0 Å². The normalized spacial score (nSPS) is 24.0. The van der Waals surface area contributed by atoms with E-state index < -0.39 is 0 Å². The number of rotatable bonds is 1. The number of aliphatic imine (C=N–C) groups is 1. The van der Waals surface area contributed by atoms with Crippen molar-refractivity contribution in [3.63, 3.8) is 0 Å². The molecule has 0 saturated carbocycles. The van der Waals surface area contributed by atoms with Crippen molar-refractivity contribution in [1.82, 2.24) is 7.68 Å². The molecule has 0 saturated heterocycles. The van der Waals surface area contributed by atoms with Gasteiger partial charge in [-0.25, -0.2) is 0 Å². The van der Waals surface area contributed by atoms with Crippen LogP contribution in [-0.4, -0.2) is 20.4 Å². The first-order valence-corrected chi connectivity index (χ1v) is 8.81. The maximum absolute atomic E-state index is 4.74. The van der Waals surface area contributed by atoms with Crippen molar-refractivity contribution in [2.75, 3.05) is 6.54 Å². The van der Waals surface area contributed by atoms with Gasteiger partial charge in [0, 0.05) is 23.5 Å². The van der Waals surface area contributed by atoms with Gasteiger partial charge in [-0.05, 0) is 44.7 Å². The van der Waals surface area contributed by atoms with Gasteiger partial charge in [-0.3, -0.25) is 4.99 Å². The molecule has 4 heteroatoms. The van der Waals surface area contributed by atoms with Crippen molar-refractivity contribution < 1.29 is 0 Å². The largest absolute Gasteiger partial charge is 0.334 e. The van der Waals surface area contributed by atoms with Gasteiger partial charge in [-0.2, -0.15) is 0 Å². The van der Waals surface area contributed by atoms with Gasteiger partial charge in [0.05, 0.1) is 46.2 Å². The minimum Gasteiger partial charge on any atom is -0.334 e. The zero-order valence-corrected chi connectivity index (χ0v) is 15.2. The van der Waals surface area contributed by atoms with Crippen LogP contribution < -0.4 is 0 Å². The Morgan fingerprint density at radius 1 is 1.32 bits per heavy atom. The van der Waals surface area contributed by atoms with E-state index >= 15 is 0 Å². The van der Waals surface area contributed by atoms with Gasteiger partial charge in [0.15, 0.2) is 0 Å². The molecule has 1 aromatic heterocycles. The van der Waals surface area contributed by atoms with Gasteiger partial charge in [0.2, 0.25) is 0 Å². The fourth-order valence-corrected chi connectivity index (χ4v) is 4.77. The number of aromatic nitrogens is 1. The molecular formula is C18H20IN3. The summed E-state index contributed by atoms with van der Waals surface area (Å²) < 4.78 is 4.84. The Hall–Kier alpha value is -1.30. The molecule has 0 radical (unpaired) electrons. The fourth-order valence-electron chi connectivity index (χ4n) is 3.81. The smallest absolute Gasteiger partial charge is 0.0913 e. The minimum absolute atomic E-state index is 0.0857. The monoisotopic (exact) mass is 405 g/mol. The van der Waals surface area contributed by atoms with E-state index in [9.17, 15) is 0 Å². The average molecular weight is 405 g/mol. The van der Waals surface area contributed by atoms with Crippen molar-refractivity contribution >= 4 is 45.7 Å². The van der Waals surface area contributed by atoms with Crippen LogP contribution in [0.2, 0.25) is 0 Å². The van der Waals surface area contributed by atoms with Crippen molar-refractivity contribution in [2.45, 2.75) is 38.6 Å². The number of nitrogens with zero attached hydrogens (tertiary/aromatic N) is 3. The molecule has 2 aliphatic heterocycles. The summed E-state index contributed by atoms with van der Waals surface area (Å²) in [7, 11) is 0. The molecule has 2 aliphatic rings. The summed E-state index contributed by atoms with van der Waals surface area (Å²) in [6.45, 7) is 5.58. The van der Waals surface area contributed by atoms with E-state index in [0.29, 0.717) is 0 Å². The highest BCUT2D eigenvalue weighted by Crippen LogP contribution is 2.42. The molecule has 0 bridgehead atoms. The first-order valence-electron chi connectivity index (χ1n) is 7.84. The molecule has 0 amide bonds. The quantitative estimate of drug-likeness (QED) is 0.489. The number of hydrogen-bond acceptors (Lipinski definition) is 2. The van der Waals surface area contributed by atoms with Gasteiger partial charge < -0.3 is 7.68 Å². The summed E-state index contributed by atoms with van der Waals surface area (Å²) in [5.41, 5.74) is 5.34. The SMILES string of the molecule is Cc1ccc2c3c(n(C4(C)CC=CN(I)C4)c2c1)CCC=N3. The Morgan fingerprint density at radius 3 is 3.00 bits per heavy atom. The van der Waals surface area contributed by atoms with E-state index in [1.54, 1.807) is 0 Å². The lowest BCUT2D eigenvalue weighted by atomic mass is 9.94. The summed E-state index contributed by atoms with van der Waals surface area (Å²) in [5.74, 6) is 0. The van der Waals surface area contributed by atoms with Crippen LogP contribution in [-0.2, 0) is 12.0 Å². The third-order valence-electron chi connectivity index (χ3n) is 4.78. The first kappa shape index (κ1) is 14.3. The van der Waals surface area contributed by atoms with E-state index in [-0.39, 0.29) is 5.54 Å². The van der Waals surface area contributed by atoms with E-state index in [0.717, 1.165) is 25.8 Å².